The number of phenolic OH excluding ortho intramolecular Hbond substituents is 2. The van der Waals surface area contributed by atoms with E-state index in [4.69, 9.17) is 5.11 Å². The lowest BCUT2D eigenvalue weighted by atomic mass is 9.98. The van der Waals surface area contributed by atoms with E-state index >= 15 is 0 Å². The van der Waals surface area contributed by atoms with Crippen molar-refractivity contribution in [2.24, 2.45) is 0 Å². The first-order chi connectivity index (χ1) is 6.43. The third-order valence-corrected chi connectivity index (χ3v) is 2.17. The molecule has 0 spiro atoms. The Hall–Kier alpha value is -1.71. The Kier molecular flexibility index (Phi) is 2.65. The average molecular weight is 196 g/mol. The van der Waals surface area contributed by atoms with Crippen LogP contribution in [0.2, 0.25) is 0 Å². The predicted molar refractivity (Wildman–Crippen MR) is 50.6 cm³/mol. The van der Waals surface area contributed by atoms with Crippen molar-refractivity contribution in [2.45, 2.75) is 19.8 Å². The van der Waals surface area contributed by atoms with Crippen LogP contribution in [-0.4, -0.2) is 21.3 Å². The third kappa shape index (κ3) is 1.79. The van der Waals surface area contributed by atoms with Gasteiger partial charge in [0.2, 0.25) is 0 Å². The summed E-state index contributed by atoms with van der Waals surface area (Å²) in [4.78, 5) is 10.7. The van der Waals surface area contributed by atoms with Crippen LogP contribution >= 0.6 is 0 Å². The highest BCUT2D eigenvalue weighted by molar-refractivity contribution is 5.76. The van der Waals surface area contributed by atoms with E-state index in [0.717, 1.165) is 0 Å². The average Bonchev–Trinajstić information content (AvgIpc) is 2.12. The smallest absolute Gasteiger partial charge is 0.310 e. The van der Waals surface area contributed by atoms with E-state index in [1.54, 1.807) is 13.0 Å². The van der Waals surface area contributed by atoms with Crippen molar-refractivity contribution >= 4 is 5.97 Å². The highest BCUT2D eigenvalue weighted by atomic mass is 16.4. The Bertz CT molecular complexity index is 347. The molecule has 0 amide bonds. The number of carboxylic acids is 1. The van der Waals surface area contributed by atoms with Crippen LogP contribution in [0.1, 0.15) is 24.0 Å². The van der Waals surface area contributed by atoms with Crippen LogP contribution in [0.4, 0.5) is 0 Å². The van der Waals surface area contributed by atoms with Crippen molar-refractivity contribution in [3.63, 3.8) is 0 Å². The maximum Gasteiger partial charge on any atom is 0.310 e. The first kappa shape index (κ1) is 10.4. The standard InChI is InChI=1S/C10H12O4/c1-5-3-7(6(2)10(13)14)4-8(11)9(5)12/h3-4,6,11-12H,1-2H3,(H,13,14). The first-order valence-corrected chi connectivity index (χ1v) is 4.18. The zero-order chi connectivity index (χ0) is 10.9. The Morgan fingerprint density at radius 2 is 1.93 bits per heavy atom. The zero-order valence-corrected chi connectivity index (χ0v) is 7.98. The molecule has 0 saturated carbocycles. The van der Waals surface area contributed by atoms with E-state index in [-0.39, 0.29) is 11.5 Å². The van der Waals surface area contributed by atoms with Crippen molar-refractivity contribution in [3.8, 4) is 11.5 Å². The van der Waals surface area contributed by atoms with E-state index < -0.39 is 11.9 Å². The lowest BCUT2D eigenvalue weighted by Crippen LogP contribution is -2.07. The van der Waals surface area contributed by atoms with E-state index in [1.165, 1.54) is 13.0 Å². The molecule has 0 aliphatic rings. The first-order valence-electron chi connectivity index (χ1n) is 4.18. The van der Waals surface area contributed by atoms with Crippen molar-refractivity contribution in [2.75, 3.05) is 0 Å². The van der Waals surface area contributed by atoms with Crippen LogP contribution in [-0.2, 0) is 4.79 Å². The molecule has 1 aromatic carbocycles. The molecule has 14 heavy (non-hydrogen) atoms. The minimum atomic E-state index is -0.963. The summed E-state index contributed by atoms with van der Waals surface area (Å²) >= 11 is 0. The molecule has 4 nitrogen and oxygen atoms in total. The van der Waals surface area contributed by atoms with Crippen LogP contribution in [0.3, 0.4) is 0 Å². The molecule has 0 radical (unpaired) electrons. The molecule has 0 aliphatic heterocycles. The number of carbonyl (C=O) groups is 1. The van der Waals surface area contributed by atoms with Crippen LogP contribution < -0.4 is 0 Å². The molecule has 0 aromatic heterocycles. The summed E-state index contributed by atoms with van der Waals surface area (Å²) in [5.41, 5.74) is 0.943. The molecule has 4 heteroatoms. The Morgan fingerprint density at radius 1 is 1.36 bits per heavy atom. The minimum absolute atomic E-state index is 0.202. The van der Waals surface area contributed by atoms with E-state index in [2.05, 4.69) is 0 Å². The lowest BCUT2D eigenvalue weighted by Gasteiger charge is -2.09. The van der Waals surface area contributed by atoms with Crippen LogP contribution in [0, 0.1) is 6.92 Å². The summed E-state index contributed by atoms with van der Waals surface area (Å²) < 4.78 is 0. The molecular weight excluding hydrogens is 184 g/mol. The van der Waals surface area contributed by atoms with Gasteiger partial charge in [-0.2, -0.15) is 0 Å². The fourth-order valence-electron chi connectivity index (χ4n) is 1.18. The third-order valence-electron chi connectivity index (χ3n) is 2.17. The second-order valence-electron chi connectivity index (χ2n) is 3.27. The molecule has 3 N–H and O–H groups in total. The lowest BCUT2D eigenvalue weighted by molar-refractivity contribution is -0.138. The van der Waals surface area contributed by atoms with Gasteiger partial charge in [0.25, 0.3) is 0 Å². The second kappa shape index (κ2) is 3.57. The number of rotatable bonds is 2. The highest BCUT2D eigenvalue weighted by Crippen LogP contribution is 2.32. The molecule has 1 atom stereocenters. The highest BCUT2D eigenvalue weighted by Gasteiger charge is 2.16. The minimum Gasteiger partial charge on any atom is -0.504 e. The summed E-state index contributed by atoms with van der Waals surface area (Å²) in [6, 6.07) is 2.81. The number of hydrogen-bond acceptors (Lipinski definition) is 3. The van der Waals surface area contributed by atoms with Crippen LogP contribution in [0.5, 0.6) is 11.5 Å². The van der Waals surface area contributed by atoms with Gasteiger partial charge in [-0.15, -0.1) is 0 Å². The van der Waals surface area contributed by atoms with Gasteiger partial charge in [-0.3, -0.25) is 4.79 Å². The number of hydrogen-bond donors (Lipinski definition) is 3. The molecule has 0 heterocycles. The SMILES string of the molecule is Cc1cc(C(C)C(=O)O)cc(O)c1O. The van der Waals surface area contributed by atoms with Gasteiger partial charge in [-0.1, -0.05) is 6.07 Å². The van der Waals surface area contributed by atoms with Crippen molar-refractivity contribution in [1.82, 2.24) is 0 Å². The normalized spacial score (nSPS) is 12.4. The van der Waals surface area contributed by atoms with Gasteiger partial charge in [0.15, 0.2) is 11.5 Å². The quantitative estimate of drug-likeness (QED) is 0.628. The predicted octanol–water partition coefficient (Wildman–Crippen LogP) is 1.59. The molecular formula is C10H12O4. The van der Waals surface area contributed by atoms with Gasteiger partial charge in [0, 0.05) is 0 Å². The second-order valence-corrected chi connectivity index (χ2v) is 3.27. The van der Waals surface area contributed by atoms with Crippen molar-refractivity contribution in [3.05, 3.63) is 23.3 Å². The Morgan fingerprint density at radius 3 is 2.36 bits per heavy atom. The van der Waals surface area contributed by atoms with Gasteiger partial charge in [-0.05, 0) is 31.0 Å². The van der Waals surface area contributed by atoms with E-state index in [9.17, 15) is 15.0 Å². The number of aliphatic carboxylic acids is 1. The van der Waals surface area contributed by atoms with Gasteiger partial charge < -0.3 is 15.3 Å². The summed E-state index contributed by atoms with van der Waals surface area (Å²) in [6.07, 6.45) is 0. The van der Waals surface area contributed by atoms with Gasteiger partial charge in [-0.25, -0.2) is 0 Å². The van der Waals surface area contributed by atoms with Gasteiger partial charge in [0.05, 0.1) is 5.92 Å². The molecule has 0 fully saturated rings. The molecule has 0 aliphatic carbocycles. The summed E-state index contributed by atoms with van der Waals surface area (Å²) in [5.74, 6) is -2.14. The zero-order valence-electron chi connectivity index (χ0n) is 7.98. The maximum absolute atomic E-state index is 10.7. The molecule has 1 rings (SSSR count). The molecule has 0 saturated heterocycles. The number of aromatic hydroxyl groups is 2. The number of carboxylic acid groups (broad SMARTS) is 1. The van der Waals surface area contributed by atoms with Crippen LogP contribution in [0.25, 0.3) is 0 Å². The Balaban J connectivity index is 3.19. The maximum atomic E-state index is 10.7. The summed E-state index contributed by atoms with van der Waals surface area (Å²) in [5, 5.41) is 27.3. The van der Waals surface area contributed by atoms with Crippen molar-refractivity contribution in [1.29, 1.82) is 0 Å². The van der Waals surface area contributed by atoms with E-state index in [1.807, 2.05) is 0 Å². The fraction of sp³-hybridized carbons (Fsp3) is 0.300. The summed E-state index contributed by atoms with van der Waals surface area (Å²) in [6.45, 7) is 3.13. The number of phenols is 2. The fourth-order valence-corrected chi connectivity index (χ4v) is 1.18. The van der Waals surface area contributed by atoms with Crippen molar-refractivity contribution < 1.29 is 20.1 Å². The van der Waals surface area contributed by atoms with Gasteiger partial charge in [0.1, 0.15) is 0 Å². The number of benzene rings is 1. The monoisotopic (exact) mass is 196 g/mol. The molecule has 1 unspecified atom stereocenters. The molecule has 0 bridgehead atoms. The Labute approximate surface area is 81.4 Å². The number of aryl methyl sites for hydroxylation is 1. The summed E-state index contributed by atoms with van der Waals surface area (Å²) in [7, 11) is 0. The molecule has 76 valence electrons. The van der Waals surface area contributed by atoms with Crippen LogP contribution in [0.15, 0.2) is 12.1 Å². The van der Waals surface area contributed by atoms with Gasteiger partial charge >= 0.3 is 5.97 Å². The van der Waals surface area contributed by atoms with E-state index in [0.29, 0.717) is 11.1 Å². The topological polar surface area (TPSA) is 77.8 Å². The molecule has 1 aromatic rings. The largest absolute Gasteiger partial charge is 0.504 e.